The van der Waals surface area contributed by atoms with Crippen LogP contribution in [0.5, 0.6) is 11.5 Å². The van der Waals surface area contributed by atoms with Crippen molar-refractivity contribution in [3.63, 3.8) is 0 Å². The summed E-state index contributed by atoms with van der Waals surface area (Å²) < 4.78 is 12.7. The van der Waals surface area contributed by atoms with Crippen LogP contribution in [0.1, 0.15) is 12.7 Å². The SMILES string of the molecule is COc1ccc(OCc2nnc(S[C@@H](C)C(=O)Nc3ccccc3)n2C)cc1. The number of benzene rings is 2. The highest BCUT2D eigenvalue weighted by atomic mass is 32.2. The Balaban J connectivity index is 1.56. The number of nitrogens with zero attached hydrogens (tertiary/aromatic N) is 3. The second kappa shape index (κ2) is 9.27. The van der Waals surface area contributed by atoms with E-state index in [2.05, 4.69) is 15.5 Å². The molecule has 2 aromatic carbocycles. The number of anilines is 1. The van der Waals surface area contributed by atoms with Crippen molar-refractivity contribution in [1.29, 1.82) is 0 Å². The highest BCUT2D eigenvalue weighted by Gasteiger charge is 2.19. The minimum atomic E-state index is -0.321. The number of para-hydroxylation sites is 1. The van der Waals surface area contributed by atoms with Gasteiger partial charge in [0.1, 0.15) is 18.1 Å². The first kappa shape index (κ1) is 19.8. The van der Waals surface area contributed by atoms with E-state index in [1.165, 1.54) is 11.8 Å². The van der Waals surface area contributed by atoms with Gasteiger partial charge in [-0.25, -0.2) is 0 Å². The molecule has 0 unspecified atom stereocenters. The molecule has 0 radical (unpaired) electrons. The predicted octanol–water partition coefficient (Wildman–Crippen LogP) is 3.52. The molecule has 0 aliphatic rings. The number of rotatable bonds is 8. The van der Waals surface area contributed by atoms with Gasteiger partial charge in [-0.05, 0) is 43.3 Å². The van der Waals surface area contributed by atoms with Crippen LogP contribution in [0, 0.1) is 0 Å². The van der Waals surface area contributed by atoms with E-state index in [-0.39, 0.29) is 17.8 Å². The third kappa shape index (κ3) is 5.04. The van der Waals surface area contributed by atoms with Gasteiger partial charge < -0.3 is 19.4 Å². The summed E-state index contributed by atoms with van der Waals surface area (Å²) in [5, 5.41) is 11.6. The summed E-state index contributed by atoms with van der Waals surface area (Å²) in [5.74, 6) is 2.07. The summed E-state index contributed by atoms with van der Waals surface area (Å²) in [7, 11) is 3.48. The maximum Gasteiger partial charge on any atom is 0.237 e. The van der Waals surface area contributed by atoms with E-state index in [0.29, 0.717) is 16.7 Å². The fourth-order valence-electron chi connectivity index (χ4n) is 2.37. The van der Waals surface area contributed by atoms with Crippen molar-refractivity contribution >= 4 is 23.4 Å². The molecule has 0 fully saturated rings. The molecule has 0 aliphatic heterocycles. The van der Waals surface area contributed by atoms with Crippen LogP contribution < -0.4 is 14.8 Å². The maximum atomic E-state index is 12.4. The van der Waals surface area contributed by atoms with Crippen LogP contribution in [0.2, 0.25) is 0 Å². The van der Waals surface area contributed by atoms with Gasteiger partial charge in [-0.2, -0.15) is 0 Å². The molecule has 1 atom stereocenters. The van der Waals surface area contributed by atoms with Crippen molar-refractivity contribution < 1.29 is 14.3 Å². The van der Waals surface area contributed by atoms with Gasteiger partial charge >= 0.3 is 0 Å². The number of carbonyl (C=O) groups is 1. The molecule has 0 aliphatic carbocycles. The van der Waals surface area contributed by atoms with Gasteiger partial charge in [0.25, 0.3) is 0 Å². The number of aromatic nitrogens is 3. The molecule has 0 spiro atoms. The maximum absolute atomic E-state index is 12.4. The average Bonchev–Trinajstić information content (AvgIpc) is 3.07. The van der Waals surface area contributed by atoms with Crippen LogP contribution >= 0.6 is 11.8 Å². The van der Waals surface area contributed by atoms with Gasteiger partial charge in [0.05, 0.1) is 12.4 Å². The van der Waals surface area contributed by atoms with Crippen LogP contribution in [0.4, 0.5) is 5.69 Å². The van der Waals surface area contributed by atoms with Crippen LogP contribution in [0.3, 0.4) is 0 Å². The van der Waals surface area contributed by atoms with E-state index >= 15 is 0 Å². The van der Waals surface area contributed by atoms with Crippen molar-refractivity contribution in [1.82, 2.24) is 14.8 Å². The number of amides is 1. The quantitative estimate of drug-likeness (QED) is 0.585. The predicted molar refractivity (Wildman–Crippen MR) is 109 cm³/mol. The Morgan fingerprint density at radius 3 is 2.46 bits per heavy atom. The van der Waals surface area contributed by atoms with Crippen LogP contribution in [-0.2, 0) is 18.4 Å². The highest BCUT2D eigenvalue weighted by molar-refractivity contribution is 8.00. The van der Waals surface area contributed by atoms with Crippen LogP contribution in [0.15, 0.2) is 59.8 Å². The Bertz CT molecular complexity index is 913. The molecule has 0 bridgehead atoms. The summed E-state index contributed by atoms with van der Waals surface area (Å²) in [6.07, 6.45) is 0. The Labute approximate surface area is 168 Å². The van der Waals surface area contributed by atoms with Gasteiger partial charge in [0.15, 0.2) is 11.0 Å². The van der Waals surface area contributed by atoms with Crippen molar-refractivity contribution in [2.75, 3.05) is 12.4 Å². The highest BCUT2D eigenvalue weighted by Crippen LogP contribution is 2.23. The molecule has 146 valence electrons. The summed E-state index contributed by atoms with van der Waals surface area (Å²) in [4.78, 5) is 12.4. The fourth-order valence-corrected chi connectivity index (χ4v) is 3.20. The summed E-state index contributed by atoms with van der Waals surface area (Å²) in [6.45, 7) is 2.12. The summed E-state index contributed by atoms with van der Waals surface area (Å²) >= 11 is 1.35. The Hall–Kier alpha value is -3.00. The summed E-state index contributed by atoms with van der Waals surface area (Å²) in [6, 6.07) is 16.7. The smallest absolute Gasteiger partial charge is 0.237 e. The summed E-state index contributed by atoms with van der Waals surface area (Å²) in [5.41, 5.74) is 0.770. The standard InChI is InChI=1S/C20H22N4O3S/c1-14(19(25)21-15-7-5-4-6-8-15)28-20-23-22-18(24(20)2)13-27-17-11-9-16(26-3)10-12-17/h4-12,14H,13H2,1-3H3,(H,21,25)/t14-/m0/s1. The molecule has 28 heavy (non-hydrogen) atoms. The number of ether oxygens (including phenoxy) is 2. The molecular weight excluding hydrogens is 376 g/mol. The number of thioether (sulfide) groups is 1. The molecule has 0 saturated carbocycles. The van der Waals surface area contributed by atoms with Crippen molar-refractivity contribution in [3.8, 4) is 11.5 Å². The monoisotopic (exact) mass is 398 g/mol. The van der Waals surface area contributed by atoms with E-state index in [1.54, 1.807) is 7.11 Å². The van der Waals surface area contributed by atoms with Gasteiger partial charge in [-0.15, -0.1) is 10.2 Å². The molecule has 1 N–H and O–H groups in total. The normalized spacial score (nSPS) is 11.7. The molecule has 3 aromatic rings. The van der Waals surface area contributed by atoms with Crippen molar-refractivity contribution in [2.24, 2.45) is 7.05 Å². The first-order chi connectivity index (χ1) is 13.6. The largest absolute Gasteiger partial charge is 0.497 e. The second-order valence-electron chi connectivity index (χ2n) is 6.04. The van der Waals surface area contributed by atoms with Crippen molar-refractivity contribution in [2.45, 2.75) is 23.9 Å². The van der Waals surface area contributed by atoms with E-state index in [9.17, 15) is 4.79 Å². The molecule has 3 rings (SSSR count). The molecule has 0 saturated heterocycles. The van der Waals surface area contributed by atoms with Gasteiger partial charge in [0, 0.05) is 12.7 Å². The van der Waals surface area contributed by atoms with E-state index in [1.807, 2.05) is 73.1 Å². The van der Waals surface area contributed by atoms with Gasteiger partial charge in [0.2, 0.25) is 5.91 Å². The molecule has 1 aromatic heterocycles. The number of hydrogen-bond acceptors (Lipinski definition) is 6. The number of nitrogens with one attached hydrogen (secondary N) is 1. The zero-order chi connectivity index (χ0) is 19.9. The minimum Gasteiger partial charge on any atom is -0.497 e. The molecule has 1 amide bonds. The molecular formula is C20H22N4O3S. The lowest BCUT2D eigenvalue weighted by Crippen LogP contribution is -2.22. The lowest BCUT2D eigenvalue weighted by atomic mass is 10.3. The lowest BCUT2D eigenvalue weighted by molar-refractivity contribution is -0.115. The van der Waals surface area contributed by atoms with Crippen LogP contribution in [-0.4, -0.2) is 33.0 Å². The van der Waals surface area contributed by atoms with Crippen LogP contribution in [0.25, 0.3) is 0 Å². The zero-order valence-electron chi connectivity index (χ0n) is 16.0. The third-order valence-electron chi connectivity index (χ3n) is 4.05. The first-order valence-corrected chi connectivity index (χ1v) is 9.62. The Morgan fingerprint density at radius 2 is 1.79 bits per heavy atom. The average molecular weight is 398 g/mol. The van der Waals surface area contributed by atoms with E-state index in [4.69, 9.17) is 9.47 Å². The Kier molecular flexibility index (Phi) is 6.54. The molecule has 7 nitrogen and oxygen atoms in total. The van der Waals surface area contributed by atoms with E-state index < -0.39 is 0 Å². The number of methoxy groups -OCH3 is 1. The fraction of sp³-hybridized carbons (Fsp3) is 0.250. The topological polar surface area (TPSA) is 78.3 Å². The number of carbonyl (C=O) groups excluding carboxylic acids is 1. The first-order valence-electron chi connectivity index (χ1n) is 8.74. The van der Waals surface area contributed by atoms with E-state index in [0.717, 1.165) is 11.4 Å². The Morgan fingerprint density at radius 1 is 1.11 bits per heavy atom. The minimum absolute atomic E-state index is 0.0877. The lowest BCUT2D eigenvalue weighted by Gasteiger charge is -2.12. The van der Waals surface area contributed by atoms with Gasteiger partial charge in [-0.1, -0.05) is 30.0 Å². The second-order valence-corrected chi connectivity index (χ2v) is 7.35. The zero-order valence-corrected chi connectivity index (χ0v) is 16.8. The number of hydrogen-bond donors (Lipinski definition) is 1. The van der Waals surface area contributed by atoms with Gasteiger partial charge in [-0.3, -0.25) is 4.79 Å². The molecule has 1 heterocycles. The third-order valence-corrected chi connectivity index (χ3v) is 5.18. The van der Waals surface area contributed by atoms with Crippen molar-refractivity contribution in [3.05, 3.63) is 60.4 Å². The molecule has 8 heteroatoms.